The van der Waals surface area contributed by atoms with Gasteiger partial charge in [-0.1, -0.05) is 18.1 Å². The molecule has 4 heterocycles. The van der Waals surface area contributed by atoms with Crippen LogP contribution in [0.2, 0.25) is 0 Å². The van der Waals surface area contributed by atoms with E-state index in [1.165, 1.54) is 0 Å². The Morgan fingerprint density at radius 3 is 3.04 bits per heavy atom. The number of aryl methyl sites for hydroxylation is 1. The Hall–Kier alpha value is -3.16. The standard InChI is InChI=1S/C19H22N6O2/c1-2-16-22-17(27-23-16)7-9-21-19(26)25-12-11-24-10-4-6-15(24)18(25)14-5-3-8-20-13-14/h3-6,8,10,13,18H,2,7,9,11-12H2,1H3,(H,21,26). The van der Waals surface area contributed by atoms with Gasteiger partial charge in [-0.15, -0.1) is 0 Å². The van der Waals surface area contributed by atoms with Crippen molar-refractivity contribution < 1.29 is 9.32 Å². The van der Waals surface area contributed by atoms with Crippen molar-refractivity contribution in [2.45, 2.75) is 32.4 Å². The first-order chi connectivity index (χ1) is 13.3. The molecule has 0 radical (unpaired) electrons. The highest BCUT2D eigenvalue weighted by atomic mass is 16.5. The molecule has 3 aromatic heterocycles. The fourth-order valence-corrected chi connectivity index (χ4v) is 3.40. The second kappa shape index (κ2) is 7.61. The van der Waals surface area contributed by atoms with Crippen molar-refractivity contribution in [3.63, 3.8) is 0 Å². The van der Waals surface area contributed by atoms with Crippen molar-refractivity contribution >= 4 is 6.03 Å². The van der Waals surface area contributed by atoms with Crippen LogP contribution in [-0.2, 0) is 19.4 Å². The van der Waals surface area contributed by atoms with E-state index in [0.717, 1.165) is 24.2 Å². The van der Waals surface area contributed by atoms with Crippen LogP contribution in [0.3, 0.4) is 0 Å². The fourth-order valence-electron chi connectivity index (χ4n) is 3.40. The lowest BCUT2D eigenvalue weighted by Crippen LogP contribution is -2.47. The van der Waals surface area contributed by atoms with Crippen LogP contribution in [0.4, 0.5) is 4.79 Å². The number of fused-ring (bicyclic) bond motifs is 1. The highest BCUT2D eigenvalue weighted by Crippen LogP contribution is 2.31. The van der Waals surface area contributed by atoms with Crippen molar-refractivity contribution in [3.05, 3.63) is 65.8 Å². The number of carbonyl (C=O) groups excluding carboxylic acids is 1. The van der Waals surface area contributed by atoms with Gasteiger partial charge in [-0.3, -0.25) is 4.98 Å². The topological polar surface area (TPSA) is 89.1 Å². The summed E-state index contributed by atoms with van der Waals surface area (Å²) in [6, 6.07) is 7.71. The number of pyridine rings is 1. The molecule has 3 aromatic rings. The Balaban J connectivity index is 1.46. The maximum atomic E-state index is 12.9. The van der Waals surface area contributed by atoms with Crippen LogP contribution in [0.15, 0.2) is 47.4 Å². The van der Waals surface area contributed by atoms with Gasteiger partial charge in [0.15, 0.2) is 5.82 Å². The summed E-state index contributed by atoms with van der Waals surface area (Å²) in [5, 5.41) is 6.85. The zero-order valence-corrected chi connectivity index (χ0v) is 15.2. The molecule has 0 saturated heterocycles. The van der Waals surface area contributed by atoms with Gasteiger partial charge in [0, 0.05) is 56.8 Å². The highest BCUT2D eigenvalue weighted by molar-refractivity contribution is 5.75. The number of nitrogens with zero attached hydrogens (tertiary/aromatic N) is 5. The minimum absolute atomic E-state index is 0.105. The largest absolute Gasteiger partial charge is 0.348 e. The van der Waals surface area contributed by atoms with Gasteiger partial charge in [0.2, 0.25) is 5.89 Å². The van der Waals surface area contributed by atoms with Crippen molar-refractivity contribution in [2.24, 2.45) is 0 Å². The Bertz CT molecular complexity index is 904. The maximum absolute atomic E-state index is 12.9. The van der Waals surface area contributed by atoms with Gasteiger partial charge in [0.05, 0.1) is 0 Å². The molecule has 0 spiro atoms. The number of hydrogen-bond donors (Lipinski definition) is 1. The molecule has 0 aliphatic carbocycles. The van der Waals surface area contributed by atoms with E-state index in [4.69, 9.17) is 4.52 Å². The first-order valence-electron chi connectivity index (χ1n) is 9.17. The predicted octanol–water partition coefficient (Wildman–Crippen LogP) is 2.19. The molecule has 1 N–H and O–H groups in total. The molecule has 1 unspecified atom stereocenters. The number of urea groups is 1. The molecule has 1 atom stereocenters. The van der Waals surface area contributed by atoms with Crippen molar-refractivity contribution in [3.8, 4) is 0 Å². The molecule has 0 aromatic carbocycles. The van der Waals surface area contributed by atoms with Gasteiger partial charge in [0.1, 0.15) is 6.04 Å². The molecular weight excluding hydrogens is 344 g/mol. The van der Waals surface area contributed by atoms with E-state index in [1.807, 2.05) is 36.2 Å². The molecule has 4 rings (SSSR count). The molecule has 2 amide bonds. The zero-order valence-electron chi connectivity index (χ0n) is 15.2. The summed E-state index contributed by atoms with van der Waals surface area (Å²) in [5.41, 5.74) is 2.09. The van der Waals surface area contributed by atoms with E-state index in [9.17, 15) is 4.79 Å². The molecule has 0 saturated carbocycles. The van der Waals surface area contributed by atoms with Gasteiger partial charge < -0.3 is 19.3 Å². The predicted molar refractivity (Wildman–Crippen MR) is 98.0 cm³/mol. The van der Waals surface area contributed by atoms with E-state index in [1.54, 1.807) is 6.20 Å². The maximum Gasteiger partial charge on any atom is 0.318 e. The van der Waals surface area contributed by atoms with Crippen LogP contribution in [0.1, 0.15) is 35.9 Å². The highest BCUT2D eigenvalue weighted by Gasteiger charge is 2.32. The molecule has 1 aliphatic heterocycles. The van der Waals surface area contributed by atoms with Crippen LogP contribution in [0, 0.1) is 0 Å². The Morgan fingerprint density at radius 2 is 2.26 bits per heavy atom. The molecule has 8 nitrogen and oxygen atoms in total. The second-order valence-electron chi connectivity index (χ2n) is 6.45. The number of amides is 2. The average molecular weight is 366 g/mol. The number of rotatable bonds is 5. The third-order valence-electron chi connectivity index (χ3n) is 4.74. The first kappa shape index (κ1) is 17.3. The lowest BCUT2D eigenvalue weighted by atomic mass is 10.0. The Kier molecular flexibility index (Phi) is 4.86. The molecule has 0 bridgehead atoms. The summed E-state index contributed by atoms with van der Waals surface area (Å²) in [7, 11) is 0. The summed E-state index contributed by atoms with van der Waals surface area (Å²) >= 11 is 0. The minimum atomic E-state index is -0.155. The van der Waals surface area contributed by atoms with Crippen LogP contribution < -0.4 is 5.32 Å². The van der Waals surface area contributed by atoms with Crippen LogP contribution in [-0.4, -0.2) is 43.7 Å². The Labute approximate surface area is 157 Å². The quantitative estimate of drug-likeness (QED) is 0.748. The monoisotopic (exact) mass is 366 g/mol. The SMILES string of the molecule is CCc1noc(CCNC(=O)N2CCn3cccc3C2c2cccnc2)n1. The van der Waals surface area contributed by atoms with E-state index in [-0.39, 0.29) is 12.1 Å². The lowest BCUT2D eigenvalue weighted by molar-refractivity contribution is 0.168. The molecule has 27 heavy (non-hydrogen) atoms. The molecule has 8 heteroatoms. The van der Waals surface area contributed by atoms with Gasteiger partial charge in [0.25, 0.3) is 0 Å². The van der Waals surface area contributed by atoms with Crippen molar-refractivity contribution in [1.82, 2.24) is 29.9 Å². The van der Waals surface area contributed by atoms with Crippen LogP contribution in [0.5, 0.6) is 0 Å². The van der Waals surface area contributed by atoms with Gasteiger partial charge in [-0.05, 0) is 23.8 Å². The third kappa shape index (κ3) is 3.55. The smallest absolute Gasteiger partial charge is 0.318 e. The van der Waals surface area contributed by atoms with E-state index >= 15 is 0 Å². The molecule has 140 valence electrons. The Morgan fingerprint density at radius 1 is 1.33 bits per heavy atom. The van der Waals surface area contributed by atoms with Crippen molar-refractivity contribution in [1.29, 1.82) is 0 Å². The minimum Gasteiger partial charge on any atom is -0.348 e. The van der Waals surface area contributed by atoms with Crippen LogP contribution >= 0.6 is 0 Å². The van der Waals surface area contributed by atoms with Gasteiger partial charge in [-0.25, -0.2) is 4.79 Å². The normalized spacial score (nSPS) is 16.2. The van der Waals surface area contributed by atoms with E-state index < -0.39 is 0 Å². The molecular formula is C19H22N6O2. The summed E-state index contributed by atoms with van der Waals surface area (Å²) in [6.45, 7) is 3.83. The van der Waals surface area contributed by atoms with Crippen LogP contribution in [0.25, 0.3) is 0 Å². The second-order valence-corrected chi connectivity index (χ2v) is 6.45. The van der Waals surface area contributed by atoms with E-state index in [0.29, 0.717) is 31.2 Å². The number of hydrogen-bond acceptors (Lipinski definition) is 5. The summed E-state index contributed by atoms with van der Waals surface area (Å²) in [5.74, 6) is 1.23. The van der Waals surface area contributed by atoms with Gasteiger partial charge >= 0.3 is 6.03 Å². The number of nitrogens with one attached hydrogen (secondary N) is 1. The first-order valence-corrected chi connectivity index (χ1v) is 9.17. The number of aromatic nitrogens is 4. The lowest BCUT2D eigenvalue weighted by Gasteiger charge is -2.37. The third-order valence-corrected chi connectivity index (χ3v) is 4.74. The van der Waals surface area contributed by atoms with E-state index in [2.05, 4.69) is 37.3 Å². The molecule has 1 aliphatic rings. The fraction of sp³-hybridized carbons (Fsp3) is 0.368. The van der Waals surface area contributed by atoms with Gasteiger partial charge in [-0.2, -0.15) is 4.98 Å². The van der Waals surface area contributed by atoms with Crippen molar-refractivity contribution in [2.75, 3.05) is 13.1 Å². The summed E-state index contributed by atoms with van der Waals surface area (Å²) < 4.78 is 7.36. The summed E-state index contributed by atoms with van der Waals surface area (Å²) in [6.07, 6.45) is 6.86. The average Bonchev–Trinajstić information content (AvgIpc) is 3.36. The summed E-state index contributed by atoms with van der Waals surface area (Å²) in [4.78, 5) is 23.2. The zero-order chi connectivity index (χ0) is 18.6. The molecule has 0 fully saturated rings. The number of carbonyl (C=O) groups is 1.